The Bertz CT molecular complexity index is 1040. The summed E-state index contributed by atoms with van der Waals surface area (Å²) < 4.78 is 34.8. The molecule has 2 N–H and O–H groups in total. The van der Waals surface area contributed by atoms with E-state index in [1.807, 2.05) is 24.3 Å². The third-order valence-electron chi connectivity index (χ3n) is 5.03. The topological polar surface area (TPSA) is 110 Å². The predicted octanol–water partition coefficient (Wildman–Crippen LogP) is 1.93. The summed E-state index contributed by atoms with van der Waals surface area (Å²) in [5.41, 5.74) is -0.190. The highest BCUT2D eigenvalue weighted by Gasteiger charge is 2.19. The van der Waals surface area contributed by atoms with Crippen molar-refractivity contribution in [2.24, 2.45) is 0 Å². The Labute approximate surface area is 170 Å². The van der Waals surface area contributed by atoms with Gasteiger partial charge in [0.05, 0.1) is 11.9 Å². The minimum Gasteiger partial charge on any atom is -0.490 e. The van der Waals surface area contributed by atoms with Gasteiger partial charge in [-0.1, -0.05) is 12.1 Å². The predicted molar refractivity (Wildman–Crippen MR) is 111 cm³/mol. The molecule has 9 heteroatoms. The second-order valence-corrected chi connectivity index (χ2v) is 9.29. The van der Waals surface area contributed by atoms with Gasteiger partial charge in [-0.05, 0) is 56.7 Å². The van der Waals surface area contributed by atoms with Crippen LogP contribution in [0.4, 0.5) is 0 Å². The molecule has 0 amide bonds. The molecule has 1 aromatic carbocycles. The summed E-state index contributed by atoms with van der Waals surface area (Å²) in [5, 5.41) is 0. The zero-order valence-electron chi connectivity index (χ0n) is 16.5. The van der Waals surface area contributed by atoms with E-state index in [1.54, 1.807) is 6.92 Å². The largest absolute Gasteiger partial charge is 0.490 e. The third-order valence-corrected chi connectivity index (χ3v) is 6.57. The summed E-state index contributed by atoms with van der Waals surface area (Å²) in [4.78, 5) is 24.9. The average molecular weight is 422 g/mol. The highest BCUT2D eigenvalue weighted by Crippen LogP contribution is 2.26. The van der Waals surface area contributed by atoms with Crippen LogP contribution < -0.4 is 20.7 Å². The van der Waals surface area contributed by atoms with Gasteiger partial charge in [-0.2, -0.15) is 0 Å². The second-order valence-electron chi connectivity index (χ2n) is 7.41. The van der Waals surface area contributed by atoms with Crippen molar-refractivity contribution in [3.63, 3.8) is 0 Å². The van der Waals surface area contributed by atoms with Crippen molar-refractivity contribution in [2.45, 2.75) is 57.7 Å². The van der Waals surface area contributed by atoms with Crippen LogP contribution in [-0.4, -0.2) is 29.8 Å². The van der Waals surface area contributed by atoms with E-state index in [2.05, 4.69) is 9.71 Å². The van der Waals surface area contributed by atoms with Gasteiger partial charge in [-0.3, -0.25) is 9.78 Å². The summed E-state index contributed by atoms with van der Waals surface area (Å²) in [6.07, 6.45) is 6.35. The molecule has 0 radical (unpaired) electrons. The molecule has 2 aromatic rings. The lowest BCUT2D eigenvalue weighted by Gasteiger charge is -2.17. The molecule has 1 aromatic heterocycles. The molecule has 1 saturated carbocycles. The molecule has 1 aliphatic rings. The van der Waals surface area contributed by atoms with Crippen LogP contribution in [0, 0.1) is 0 Å². The lowest BCUT2D eigenvalue weighted by molar-refractivity contribution is 0.210. The standard InChI is InChI=1S/C20H27N3O5S/c1-15(16-6-4-9-18(14-16)28-17-7-2-3-8-17)22-29(26,27)13-5-11-23-12-10-19(24)21-20(23)25/h4,6,9-10,12,14-15,17,22H,2-3,5,7-8,11,13H2,1H3,(H,21,24,25). The Balaban J connectivity index is 1.55. The monoisotopic (exact) mass is 421 g/mol. The Kier molecular flexibility index (Phi) is 6.92. The van der Waals surface area contributed by atoms with E-state index in [1.165, 1.54) is 29.7 Å². The highest BCUT2D eigenvalue weighted by atomic mass is 32.2. The number of H-pyrrole nitrogens is 1. The number of benzene rings is 1. The van der Waals surface area contributed by atoms with Crippen LogP contribution in [-0.2, 0) is 16.6 Å². The molecular formula is C20H27N3O5S. The Morgan fingerprint density at radius 3 is 2.72 bits per heavy atom. The Hall–Kier alpha value is -2.39. The van der Waals surface area contributed by atoms with Crippen molar-refractivity contribution in [1.29, 1.82) is 0 Å². The maximum Gasteiger partial charge on any atom is 0.328 e. The van der Waals surface area contributed by atoms with Crippen LogP contribution in [0.25, 0.3) is 0 Å². The van der Waals surface area contributed by atoms with Gasteiger partial charge >= 0.3 is 5.69 Å². The molecule has 0 bridgehead atoms. The van der Waals surface area contributed by atoms with Gasteiger partial charge < -0.3 is 9.30 Å². The number of hydrogen-bond donors (Lipinski definition) is 2. The van der Waals surface area contributed by atoms with Gasteiger partial charge in [0.1, 0.15) is 5.75 Å². The average Bonchev–Trinajstić information content (AvgIpc) is 3.16. The first-order valence-electron chi connectivity index (χ1n) is 9.89. The van der Waals surface area contributed by atoms with Crippen LogP contribution in [0.15, 0.2) is 46.1 Å². The fraction of sp³-hybridized carbons (Fsp3) is 0.500. The van der Waals surface area contributed by atoms with Crippen LogP contribution in [0.2, 0.25) is 0 Å². The van der Waals surface area contributed by atoms with Crippen molar-refractivity contribution in [1.82, 2.24) is 14.3 Å². The molecule has 1 heterocycles. The number of ether oxygens (including phenoxy) is 1. The number of aromatic nitrogens is 2. The summed E-state index contributed by atoms with van der Waals surface area (Å²) in [5.74, 6) is 0.638. The van der Waals surface area contributed by atoms with Crippen molar-refractivity contribution in [3.8, 4) is 5.75 Å². The lowest BCUT2D eigenvalue weighted by atomic mass is 10.1. The molecule has 3 rings (SSSR count). The molecule has 158 valence electrons. The van der Waals surface area contributed by atoms with Gasteiger partial charge in [0, 0.05) is 24.8 Å². The van der Waals surface area contributed by atoms with Crippen molar-refractivity contribution in [3.05, 3.63) is 62.9 Å². The van der Waals surface area contributed by atoms with E-state index in [9.17, 15) is 18.0 Å². The molecule has 29 heavy (non-hydrogen) atoms. The number of nitrogens with zero attached hydrogens (tertiary/aromatic N) is 1. The van der Waals surface area contributed by atoms with Crippen LogP contribution in [0.5, 0.6) is 5.75 Å². The van der Waals surface area contributed by atoms with Crippen molar-refractivity contribution in [2.75, 3.05) is 5.75 Å². The van der Waals surface area contributed by atoms with Gasteiger partial charge in [-0.25, -0.2) is 17.9 Å². The van der Waals surface area contributed by atoms with Crippen LogP contribution in [0.1, 0.15) is 50.6 Å². The SMILES string of the molecule is CC(NS(=O)(=O)CCCn1ccc(=O)[nH]c1=O)c1cccc(OC2CCCC2)c1. The van der Waals surface area contributed by atoms with E-state index in [-0.39, 0.29) is 24.8 Å². The number of aryl methyl sites for hydroxylation is 1. The number of rotatable bonds is 9. The summed E-state index contributed by atoms with van der Waals surface area (Å²) in [7, 11) is -3.53. The van der Waals surface area contributed by atoms with E-state index in [0.29, 0.717) is 0 Å². The Morgan fingerprint density at radius 2 is 2.00 bits per heavy atom. The minimum atomic E-state index is -3.53. The molecule has 0 spiro atoms. The van der Waals surface area contributed by atoms with Gasteiger partial charge in [-0.15, -0.1) is 0 Å². The smallest absolute Gasteiger partial charge is 0.328 e. The second kappa shape index (κ2) is 9.41. The normalized spacial score (nSPS) is 16.0. The first-order chi connectivity index (χ1) is 13.8. The number of aromatic amines is 1. The fourth-order valence-corrected chi connectivity index (χ4v) is 4.80. The molecule has 0 aliphatic heterocycles. The van der Waals surface area contributed by atoms with E-state index in [4.69, 9.17) is 4.74 Å². The zero-order chi connectivity index (χ0) is 20.9. The van der Waals surface area contributed by atoms with Crippen LogP contribution in [0.3, 0.4) is 0 Å². The van der Waals surface area contributed by atoms with E-state index < -0.39 is 27.3 Å². The highest BCUT2D eigenvalue weighted by molar-refractivity contribution is 7.89. The first kappa shape index (κ1) is 21.3. The summed E-state index contributed by atoms with van der Waals surface area (Å²) in [6, 6.07) is 8.34. The molecule has 1 unspecified atom stereocenters. The van der Waals surface area contributed by atoms with Gasteiger partial charge in [0.2, 0.25) is 10.0 Å². The lowest BCUT2D eigenvalue weighted by Crippen LogP contribution is -2.31. The fourth-order valence-electron chi connectivity index (χ4n) is 3.50. The summed E-state index contributed by atoms with van der Waals surface area (Å²) >= 11 is 0. The van der Waals surface area contributed by atoms with Crippen molar-refractivity contribution >= 4 is 10.0 Å². The van der Waals surface area contributed by atoms with E-state index >= 15 is 0 Å². The molecular weight excluding hydrogens is 394 g/mol. The maximum absolute atomic E-state index is 12.4. The minimum absolute atomic E-state index is 0.124. The zero-order valence-corrected chi connectivity index (χ0v) is 17.3. The molecule has 1 fully saturated rings. The van der Waals surface area contributed by atoms with Crippen LogP contribution >= 0.6 is 0 Å². The molecule has 1 aliphatic carbocycles. The number of nitrogens with one attached hydrogen (secondary N) is 2. The number of sulfonamides is 1. The third kappa shape index (κ3) is 6.30. The molecule has 0 saturated heterocycles. The van der Waals surface area contributed by atoms with Gasteiger partial charge in [0.15, 0.2) is 0 Å². The van der Waals surface area contributed by atoms with Crippen molar-refractivity contribution < 1.29 is 13.2 Å². The first-order valence-corrected chi connectivity index (χ1v) is 11.5. The van der Waals surface area contributed by atoms with Gasteiger partial charge in [0.25, 0.3) is 5.56 Å². The summed E-state index contributed by atoms with van der Waals surface area (Å²) in [6.45, 7) is 1.99. The van der Waals surface area contributed by atoms with E-state index in [0.717, 1.165) is 24.2 Å². The quantitative estimate of drug-likeness (QED) is 0.643. The Morgan fingerprint density at radius 1 is 1.24 bits per heavy atom. The number of hydrogen-bond acceptors (Lipinski definition) is 5. The molecule has 8 nitrogen and oxygen atoms in total. The molecule has 1 atom stereocenters. The maximum atomic E-state index is 12.4.